The smallest absolute Gasteiger partial charge is 0.225 e. The molecule has 0 radical (unpaired) electrons. The van der Waals surface area contributed by atoms with Crippen LogP contribution in [0.4, 0.5) is 10.2 Å². The number of Topliss-reactive ketones (excluding diaryl/α,β-unsaturated/α-hetero) is 1. The predicted molar refractivity (Wildman–Crippen MR) is 76.8 cm³/mol. The number of halogens is 1. The first-order chi connectivity index (χ1) is 9.95. The zero-order valence-electron chi connectivity index (χ0n) is 11.9. The Morgan fingerprint density at radius 1 is 1.24 bits per heavy atom. The standard InChI is InChI=1S/C15H16FN3O2/c1-10-9-14(17-15(21)8-3-11(2)20)19(18-10)13-6-4-12(16)5-7-13/h4-7,9H,3,8H2,1-2H3,(H,17,21). The van der Waals surface area contributed by atoms with Crippen LogP contribution >= 0.6 is 0 Å². The van der Waals surface area contributed by atoms with Crippen molar-refractivity contribution >= 4 is 17.5 Å². The Labute approximate surface area is 121 Å². The van der Waals surface area contributed by atoms with Crippen molar-refractivity contribution in [2.24, 2.45) is 0 Å². The minimum atomic E-state index is -0.338. The van der Waals surface area contributed by atoms with E-state index in [4.69, 9.17) is 0 Å². The largest absolute Gasteiger partial charge is 0.311 e. The minimum absolute atomic E-state index is 0.0339. The number of aromatic nitrogens is 2. The van der Waals surface area contributed by atoms with Crippen LogP contribution in [0, 0.1) is 12.7 Å². The van der Waals surface area contributed by atoms with Crippen molar-refractivity contribution < 1.29 is 14.0 Å². The number of hydrogen-bond donors (Lipinski definition) is 1. The van der Waals surface area contributed by atoms with Crippen LogP contribution in [0.3, 0.4) is 0 Å². The Morgan fingerprint density at radius 3 is 2.52 bits per heavy atom. The van der Waals surface area contributed by atoms with E-state index in [2.05, 4.69) is 10.4 Å². The van der Waals surface area contributed by atoms with Gasteiger partial charge in [-0.2, -0.15) is 5.10 Å². The molecule has 0 unspecified atom stereocenters. The number of benzene rings is 1. The fourth-order valence-corrected chi connectivity index (χ4v) is 1.86. The first kappa shape index (κ1) is 14.9. The molecule has 2 aromatic rings. The van der Waals surface area contributed by atoms with Crippen LogP contribution in [0.2, 0.25) is 0 Å². The van der Waals surface area contributed by atoms with Gasteiger partial charge in [0, 0.05) is 18.9 Å². The van der Waals surface area contributed by atoms with Gasteiger partial charge >= 0.3 is 0 Å². The number of nitrogens with zero attached hydrogens (tertiary/aromatic N) is 2. The molecule has 0 fully saturated rings. The van der Waals surface area contributed by atoms with E-state index in [9.17, 15) is 14.0 Å². The zero-order chi connectivity index (χ0) is 15.4. The lowest BCUT2D eigenvalue weighted by atomic mass is 10.2. The number of ketones is 1. The monoisotopic (exact) mass is 289 g/mol. The second kappa shape index (κ2) is 6.30. The molecule has 1 amide bonds. The van der Waals surface area contributed by atoms with Gasteiger partial charge in [0.25, 0.3) is 0 Å². The molecule has 1 aromatic heterocycles. The number of hydrogen-bond acceptors (Lipinski definition) is 3. The average Bonchev–Trinajstić information content (AvgIpc) is 2.78. The van der Waals surface area contributed by atoms with Crippen molar-refractivity contribution in [3.63, 3.8) is 0 Å². The molecule has 21 heavy (non-hydrogen) atoms. The molecule has 1 heterocycles. The molecule has 6 heteroatoms. The van der Waals surface area contributed by atoms with Crippen molar-refractivity contribution in [3.05, 3.63) is 41.8 Å². The summed E-state index contributed by atoms with van der Waals surface area (Å²) in [6, 6.07) is 7.52. The summed E-state index contributed by atoms with van der Waals surface area (Å²) in [7, 11) is 0. The summed E-state index contributed by atoms with van der Waals surface area (Å²) in [5.41, 5.74) is 1.37. The van der Waals surface area contributed by atoms with Gasteiger partial charge in [-0.3, -0.25) is 4.79 Å². The van der Waals surface area contributed by atoms with Crippen LogP contribution in [0.1, 0.15) is 25.5 Å². The number of amides is 1. The van der Waals surface area contributed by atoms with Gasteiger partial charge in [0.2, 0.25) is 5.91 Å². The highest BCUT2D eigenvalue weighted by atomic mass is 19.1. The average molecular weight is 289 g/mol. The quantitative estimate of drug-likeness (QED) is 0.920. The first-order valence-electron chi connectivity index (χ1n) is 6.57. The second-order valence-corrected chi connectivity index (χ2v) is 4.81. The number of carbonyl (C=O) groups is 2. The lowest BCUT2D eigenvalue weighted by Crippen LogP contribution is -2.15. The summed E-state index contributed by atoms with van der Waals surface area (Å²) in [6.07, 6.45) is 0.332. The third-order valence-corrected chi connectivity index (χ3v) is 2.87. The van der Waals surface area contributed by atoms with E-state index in [0.717, 1.165) is 5.69 Å². The fraction of sp³-hybridized carbons (Fsp3) is 0.267. The van der Waals surface area contributed by atoms with Gasteiger partial charge in [0.15, 0.2) is 0 Å². The van der Waals surface area contributed by atoms with Crippen molar-refractivity contribution in [3.8, 4) is 5.69 Å². The highest BCUT2D eigenvalue weighted by Gasteiger charge is 2.11. The number of anilines is 1. The van der Waals surface area contributed by atoms with Crippen molar-refractivity contribution in [1.82, 2.24) is 9.78 Å². The van der Waals surface area contributed by atoms with Gasteiger partial charge in [-0.15, -0.1) is 0 Å². The lowest BCUT2D eigenvalue weighted by molar-refractivity contribution is -0.121. The summed E-state index contributed by atoms with van der Waals surface area (Å²) in [5.74, 6) is -0.135. The van der Waals surface area contributed by atoms with E-state index >= 15 is 0 Å². The van der Waals surface area contributed by atoms with Crippen LogP contribution in [-0.2, 0) is 9.59 Å². The molecular formula is C15H16FN3O2. The van der Waals surface area contributed by atoms with Crippen LogP contribution in [0.15, 0.2) is 30.3 Å². The maximum Gasteiger partial charge on any atom is 0.225 e. The Balaban J connectivity index is 2.19. The molecule has 0 saturated carbocycles. The van der Waals surface area contributed by atoms with Crippen molar-refractivity contribution in [2.75, 3.05) is 5.32 Å². The summed E-state index contributed by atoms with van der Waals surface area (Å²) < 4.78 is 14.5. The van der Waals surface area contributed by atoms with Gasteiger partial charge in [-0.05, 0) is 38.1 Å². The topological polar surface area (TPSA) is 64.0 Å². The number of aryl methyl sites for hydroxylation is 1. The molecule has 5 nitrogen and oxygen atoms in total. The minimum Gasteiger partial charge on any atom is -0.311 e. The molecular weight excluding hydrogens is 273 g/mol. The van der Waals surface area contributed by atoms with E-state index in [1.54, 1.807) is 25.1 Å². The molecule has 0 aliphatic carbocycles. The van der Waals surface area contributed by atoms with Crippen molar-refractivity contribution in [1.29, 1.82) is 0 Å². The Kier molecular flexibility index (Phi) is 4.47. The summed E-state index contributed by atoms with van der Waals surface area (Å²) in [6.45, 7) is 3.24. The molecule has 0 atom stereocenters. The van der Waals surface area contributed by atoms with E-state index < -0.39 is 0 Å². The molecule has 0 aliphatic rings. The van der Waals surface area contributed by atoms with Gasteiger partial charge in [-0.1, -0.05) is 0 Å². The zero-order valence-corrected chi connectivity index (χ0v) is 11.9. The summed E-state index contributed by atoms with van der Waals surface area (Å²) in [5, 5.41) is 6.99. The molecule has 0 spiro atoms. The third kappa shape index (κ3) is 3.98. The SMILES string of the molecule is CC(=O)CCC(=O)Nc1cc(C)nn1-c1ccc(F)cc1. The highest BCUT2D eigenvalue weighted by molar-refractivity contribution is 5.92. The molecule has 0 bridgehead atoms. The first-order valence-corrected chi connectivity index (χ1v) is 6.57. The van der Waals surface area contributed by atoms with Gasteiger partial charge in [0.05, 0.1) is 11.4 Å². The summed E-state index contributed by atoms with van der Waals surface area (Å²) >= 11 is 0. The maximum absolute atomic E-state index is 13.0. The Hall–Kier alpha value is -2.50. The number of rotatable bonds is 5. The van der Waals surface area contributed by atoms with Gasteiger partial charge in [0.1, 0.15) is 17.4 Å². The van der Waals surface area contributed by atoms with Crippen LogP contribution < -0.4 is 5.32 Å². The molecule has 0 aliphatic heterocycles. The number of carbonyl (C=O) groups excluding carboxylic acids is 2. The molecule has 0 saturated heterocycles. The second-order valence-electron chi connectivity index (χ2n) is 4.81. The van der Waals surface area contributed by atoms with Crippen LogP contribution in [0.5, 0.6) is 0 Å². The van der Waals surface area contributed by atoms with E-state index in [1.807, 2.05) is 0 Å². The predicted octanol–water partition coefficient (Wildman–Crippen LogP) is 2.63. The van der Waals surface area contributed by atoms with E-state index in [0.29, 0.717) is 11.5 Å². The fourth-order valence-electron chi connectivity index (χ4n) is 1.86. The van der Waals surface area contributed by atoms with Gasteiger partial charge < -0.3 is 10.1 Å². The normalized spacial score (nSPS) is 10.4. The maximum atomic E-state index is 13.0. The molecule has 2 rings (SSSR count). The lowest BCUT2D eigenvalue weighted by Gasteiger charge is -2.08. The van der Waals surface area contributed by atoms with Gasteiger partial charge in [-0.25, -0.2) is 9.07 Å². The molecule has 1 N–H and O–H groups in total. The molecule has 110 valence electrons. The van der Waals surface area contributed by atoms with Crippen LogP contribution in [0.25, 0.3) is 5.69 Å². The Bertz CT molecular complexity index is 662. The Morgan fingerprint density at radius 2 is 1.90 bits per heavy atom. The summed E-state index contributed by atoms with van der Waals surface area (Å²) in [4.78, 5) is 22.7. The number of nitrogens with one attached hydrogen (secondary N) is 1. The van der Waals surface area contributed by atoms with E-state index in [-0.39, 0.29) is 30.3 Å². The van der Waals surface area contributed by atoms with Crippen molar-refractivity contribution in [2.45, 2.75) is 26.7 Å². The van der Waals surface area contributed by atoms with E-state index in [1.165, 1.54) is 23.7 Å². The third-order valence-electron chi connectivity index (χ3n) is 2.87. The molecule has 1 aromatic carbocycles. The van der Waals surface area contributed by atoms with Crippen LogP contribution in [-0.4, -0.2) is 21.5 Å². The highest BCUT2D eigenvalue weighted by Crippen LogP contribution is 2.17.